The largest absolute Gasteiger partial charge is 0.349 e. The fourth-order valence-electron chi connectivity index (χ4n) is 3.12. The van der Waals surface area contributed by atoms with Crippen molar-refractivity contribution in [1.82, 2.24) is 8.87 Å². The van der Waals surface area contributed by atoms with Crippen molar-refractivity contribution in [3.05, 3.63) is 18.0 Å². The van der Waals surface area contributed by atoms with Crippen molar-refractivity contribution in [3.8, 4) is 0 Å². The van der Waals surface area contributed by atoms with Gasteiger partial charge in [0.2, 0.25) is 10.0 Å². The van der Waals surface area contributed by atoms with Crippen LogP contribution < -0.4 is 5.73 Å². The Hall–Kier alpha value is -0.850. The maximum absolute atomic E-state index is 12.9. The Morgan fingerprint density at radius 2 is 2.05 bits per heavy atom. The molecule has 0 aromatic carbocycles. The third kappa shape index (κ3) is 2.52. The lowest BCUT2D eigenvalue weighted by Gasteiger charge is -2.26. The zero-order valence-electron chi connectivity index (χ0n) is 12.5. The predicted octanol–water partition coefficient (Wildman–Crippen LogP) is 1.92. The van der Waals surface area contributed by atoms with Crippen LogP contribution in [0, 0.1) is 0 Å². The van der Waals surface area contributed by atoms with Crippen LogP contribution >= 0.6 is 0 Å². The number of hydrogen-bond donors (Lipinski definition) is 1. The van der Waals surface area contributed by atoms with Gasteiger partial charge in [-0.1, -0.05) is 6.92 Å². The van der Waals surface area contributed by atoms with E-state index in [-0.39, 0.29) is 12.1 Å². The molecule has 1 fully saturated rings. The molecule has 5 nitrogen and oxygen atoms in total. The lowest BCUT2D eigenvalue weighted by atomic mass is 10.2. The van der Waals surface area contributed by atoms with Gasteiger partial charge in [-0.2, -0.15) is 4.31 Å². The van der Waals surface area contributed by atoms with Gasteiger partial charge in [-0.15, -0.1) is 0 Å². The second-order valence-corrected chi connectivity index (χ2v) is 7.32. The lowest BCUT2D eigenvalue weighted by molar-refractivity contribution is 0.328. The normalized spacial score (nSPS) is 24.4. The van der Waals surface area contributed by atoms with Gasteiger partial charge in [-0.25, -0.2) is 8.42 Å². The molecule has 0 bridgehead atoms. The van der Waals surface area contributed by atoms with Crippen molar-refractivity contribution in [2.45, 2.75) is 70.1 Å². The third-order valence-electron chi connectivity index (χ3n) is 4.27. The number of hydrogen-bond acceptors (Lipinski definition) is 3. The molecule has 0 saturated carbocycles. The average Bonchev–Trinajstić information content (AvgIpc) is 3.01. The van der Waals surface area contributed by atoms with Gasteiger partial charge < -0.3 is 10.3 Å². The second kappa shape index (κ2) is 5.87. The first-order chi connectivity index (χ1) is 9.45. The minimum atomic E-state index is -3.41. The highest BCUT2D eigenvalue weighted by atomic mass is 32.2. The van der Waals surface area contributed by atoms with Gasteiger partial charge in [-0.3, -0.25) is 0 Å². The van der Waals surface area contributed by atoms with Gasteiger partial charge in [0.1, 0.15) is 4.90 Å². The van der Waals surface area contributed by atoms with Gasteiger partial charge in [0.15, 0.2) is 0 Å². The van der Waals surface area contributed by atoms with E-state index in [1.807, 2.05) is 25.3 Å². The Bertz CT molecular complexity index is 543. The van der Waals surface area contributed by atoms with E-state index in [1.54, 1.807) is 16.6 Å². The Morgan fingerprint density at radius 1 is 1.35 bits per heavy atom. The zero-order chi connectivity index (χ0) is 14.9. The summed E-state index contributed by atoms with van der Waals surface area (Å²) in [7, 11) is -3.41. The summed E-state index contributed by atoms with van der Waals surface area (Å²) in [5.41, 5.74) is 6.55. The number of aromatic nitrogens is 1. The van der Waals surface area contributed by atoms with Gasteiger partial charge in [0, 0.05) is 37.1 Å². The smallest absolute Gasteiger partial charge is 0.245 e. The van der Waals surface area contributed by atoms with Crippen molar-refractivity contribution in [3.63, 3.8) is 0 Å². The van der Waals surface area contributed by atoms with Crippen LogP contribution in [0.4, 0.5) is 0 Å². The number of sulfonamides is 1. The van der Waals surface area contributed by atoms with Crippen LogP contribution in [0.15, 0.2) is 17.2 Å². The van der Waals surface area contributed by atoms with E-state index in [9.17, 15) is 8.42 Å². The summed E-state index contributed by atoms with van der Waals surface area (Å²) in [5.74, 6) is 0. The summed E-state index contributed by atoms with van der Waals surface area (Å²) in [4.78, 5) is 0.381. The fourth-order valence-corrected chi connectivity index (χ4v) is 5.13. The van der Waals surface area contributed by atoms with Crippen LogP contribution in [-0.2, 0) is 23.1 Å². The molecule has 20 heavy (non-hydrogen) atoms. The van der Waals surface area contributed by atoms with Gasteiger partial charge in [0.05, 0.1) is 0 Å². The molecule has 0 radical (unpaired) electrons. The summed E-state index contributed by atoms with van der Waals surface area (Å²) in [6.07, 6.45) is 4.47. The lowest BCUT2D eigenvalue weighted by Crippen LogP contribution is -2.39. The molecule has 0 aliphatic carbocycles. The molecule has 1 aliphatic rings. The van der Waals surface area contributed by atoms with Crippen molar-refractivity contribution >= 4 is 10.0 Å². The number of rotatable bonds is 5. The molecule has 2 unspecified atom stereocenters. The molecule has 2 heterocycles. The Kier molecular flexibility index (Phi) is 4.56. The molecular formula is C14H25N3O2S. The van der Waals surface area contributed by atoms with Gasteiger partial charge in [0.25, 0.3) is 0 Å². The molecule has 1 aromatic rings. The van der Waals surface area contributed by atoms with E-state index < -0.39 is 10.0 Å². The minimum Gasteiger partial charge on any atom is -0.349 e. The summed E-state index contributed by atoms with van der Waals surface area (Å²) >= 11 is 0. The summed E-state index contributed by atoms with van der Waals surface area (Å²) in [5, 5.41) is 0. The standard InChI is InChI=1S/C14H25N3O2S/c1-4-12-7-6-11(3)17(12)20(18,19)14-8-13(9-15)16(5-2)10-14/h8,10-12H,4-7,9,15H2,1-3H3. The summed E-state index contributed by atoms with van der Waals surface area (Å²) in [6, 6.07) is 1.92. The minimum absolute atomic E-state index is 0.0799. The molecule has 6 heteroatoms. The Morgan fingerprint density at radius 3 is 2.55 bits per heavy atom. The SMILES string of the molecule is CCC1CCC(C)N1S(=O)(=O)c1cc(CN)n(CC)c1. The topological polar surface area (TPSA) is 68.3 Å². The molecule has 114 valence electrons. The van der Waals surface area contributed by atoms with E-state index >= 15 is 0 Å². The molecule has 0 spiro atoms. The first kappa shape index (κ1) is 15.5. The zero-order valence-corrected chi connectivity index (χ0v) is 13.4. The maximum Gasteiger partial charge on any atom is 0.245 e. The Labute approximate surface area is 121 Å². The highest BCUT2D eigenvalue weighted by Gasteiger charge is 2.39. The number of nitrogens with zero attached hydrogens (tertiary/aromatic N) is 2. The van der Waals surface area contributed by atoms with Crippen LogP contribution in [0.1, 0.15) is 45.7 Å². The highest BCUT2D eigenvalue weighted by molar-refractivity contribution is 7.89. The molecule has 2 atom stereocenters. The quantitative estimate of drug-likeness (QED) is 0.903. The first-order valence-corrected chi connectivity index (χ1v) is 8.82. The highest BCUT2D eigenvalue weighted by Crippen LogP contribution is 2.32. The molecule has 2 rings (SSSR count). The van der Waals surface area contributed by atoms with Crippen LogP contribution in [0.5, 0.6) is 0 Å². The molecule has 1 aromatic heterocycles. The van der Waals surface area contributed by atoms with E-state index in [0.717, 1.165) is 31.5 Å². The van der Waals surface area contributed by atoms with Crippen LogP contribution in [0.2, 0.25) is 0 Å². The molecular weight excluding hydrogens is 274 g/mol. The second-order valence-electron chi connectivity index (χ2n) is 5.48. The van der Waals surface area contributed by atoms with Gasteiger partial charge >= 0.3 is 0 Å². The molecule has 0 amide bonds. The molecule has 1 aliphatic heterocycles. The molecule has 2 N–H and O–H groups in total. The fraction of sp³-hybridized carbons (Fsp3) is 0.714. The van der Waals surface area contributed by atoms with Crippen LogP contribution in [-0.4, -0.2) is 29.4 Å². The summed E-state index contributed by atoms with van der Waals surface area (Å²) in [6.45, 7) is 7.12. The van der Waals surface area contributed by atoms with Crippen molar-refractivity contribution in [2.75, 3.05) is 0 Å². The Balaban J connectivity index is 2.41. The third-order valence-corrected chi connectivity index (χ3v) is 6.30. The van der Waals surface area contributed by atoms with E-state index in [4.69, 9.17) is 5.73 Å². The first-order valence-electron chi connectivity index (χ1n) is 7.38. The monoisotopic (exact) mass is 299 g/mol. The molecule has 1 saturated heterocycles. The average molecular weight is 299 g/mol. The van der Waals surface area contributed by atoms with E-state index in [1.165, 1.54) is 0 Å². The van der Waals surface area contributed by atoms with E-state index in [2.05, 4.69) is 0 Å². The van der Waals surface area contributed by atoms with Crippen molar-refractivity contribution in [1.29, 1.82) is 0 Å². The maximum atomic E-state index is 12.9. The number of aryl methyl sites for hydroxylation is 1. The van der Waals surface area contributed by atoms with Crippen LogP contribution in [0.3, 0.4) is 0 Å². The number of nitrogens with two attached hydrogens (primary N) is 1. The van der Waals surface area contributed by atoms with Crippen molar-refractivity contribution < 1.29 is 8.42 Å². The van der Waals surface area contributed by atoms with Crippen LogP contribution in [0.25, 0.3) is 0 Å². The summed E-state index contributed by atoms with van der Waals surface area (Å²) < 4.78 is 29.4. The van der Waals surface area contributed by atoms with Gasteiger partial charge in [-0.05, 0) is 39.2 Å². The predicted molar refractivity (Wildman–Crippen MR) is 79.8 cm³/mol. The van der Waals surface area contributed by atoms with Crippen molar-refractivity contribution in [2.24, 2.45) is 5.73 Å². The van der Waals surface area contributed by atoms with E-state index in [0.29, 0.717) is 11.4 Å².